The molecule has 6 heteroatoms. The summed E-state index contributed by atoms with van der Waals surface area (Å²) in [5, 5.41) is 0. The van der Waals surface area contributed by atoms with Gasteiger partial charge in [0.25, 0.3) is 0 Å². The third-order valence-corrected chi connectivity index (χ3v) is 4.25. The Labute approximate surface area is 97.5 Å². The van der Waals surface area contributed by atoms with Crippen LogP contribution in [-0.2, 0) is 14.8 Å². The smallest absolute Gasteiger partial charge is 0.211 e. The van der Waals surface area contributed by atoms with E-state index in [4.69, 9.17) is 0 Å². The van der Waals surface area contributed by atoms with Crippen LogP contribution in [0.4, 0.5) is 0 Å². The highest BCUT2D eigenvalue weighted by Crippen LogP contribution is 2.11. The van der Waals surface area contributed by atoms with Gasteiger partial charge in [-0.25, -0.2) is 8.42 Å². The maximum atomic E-state index is 11.3. The SMILES string of the molecule is CC(=O)CC(C)N1CCN(S(C)(=O)=O)CC1. The van der Waals surface area contributed by atoms with E-state index in [0.717, 1.165) is 0 Å². The molecule has 1 saturated heterocycles. The molecule has 5 nitrogen and oxygen atoms in total. The summed E-state index contributed by atoms with van der Waals surface area (Å²) in [6.45, 7) is 6.08. The molecule has 0 aromatic rings. The van der Waals surface area contributed by atoms with Gasteiger partial charge in [-0.05, 0) is 13.8 Å². The second-order valence-corrected chi connectivity index (χ2v) is 6.44. The van der Waals surface area contributed by atoms with Crippen molar-refractivity contribution in [2.45, 2.75) is 26.3 Å². The van der Waals surface area contributed by atoms with Crippen molar-refractivity contribution < 1.29 is 13.2 Å². The maximum Gasteiger partial charge on any atom is 0.211 e. The molecule has 94 valence electrons. The summed E-state index contributed by atoms with van der Waals surface area (Å²) in [7, 11) is -3.06. The number of carbonyl (C=O) groups is 1. The number of hydrogen-bond acceptors (Lipinski definition) is 4. The molecular formula is C10H20N2O3S. The number of hydrogen-bond donors (Lipinski definition) is 0. The Hall–Kier alpha value is -0.460. The fourth-order valence-electron chi connectivity index (χ4n) is 2.02. The third-order valence-electron chi connectivity index (χ3n) is 2.95. The van der Waals surface area contributed by atoms with Crippen molar-refractivity contribution in [2.24, 2.45) is 0 Å². The fraction of sp³-hybridized carbons (Fsp3) is 0.900. The van der Waals surface area contributed by atoms with Crippen LogP contribution in [0, 0.1) is 0 Å². The number of ketones is 1. The van der Waals surface area contributed by atoms with E-state index >= 15 is 0 Å². The average Bonchev–Trinajstić information content (AvgIpc) is 2.15. The first-order valence-electron chi connectivity index (χ1n) is 5.49. The first kappa shape index (κ1) is 13.6. The summed E-state index contributed by atoms with van der Waals surface area (Å²) in [5.41, 5.74) is 0. The van der Waals surface area contributed by atoms with E-state index in [1.165, 1.54) is 10.6 Å². The van der Waals surface area contributed by atoms with Crippen molar-refractivity contribution >= 4 is 15.8 Å². The second-order valence-electron chi connectivity index (χ2n) is 4.45. The number of sulfonamides is 1. The summed E-state index contributed by atoms with van der Waals surface area (Å²) in [5.74, 6) is 0.179. The van der Waals surface area contributed by atoms with Crippen molar-refractivity contribution in [3.63, 3.8) is 0 Å². The predicted molar refractivity (Wildman–Crippen MR) is 62.7 cm³/mol. The third kappa shape index (κ3) is 3.84. The molecule has 1 rings (SSSR count). The Morgan fingerprint density at radius 1 is 1.25 bits per heavy atom. The van der Waals surface area contributed by atoms with Crippen LogP contribution in [0.25, 0.3) is 0 Å². The summed E-state index contributed by atoms with van der Waals surface area (Å²) in [6.07, 6.45) is 1.78. The Bertz CT molecular complexity index is 345. The van der Waals surface area contributed by atoms with Crippen molar-refractivity contribution in [3.8, 4) is 0 Å². The lowest BCUT2D eigenvalue weighted by Gasteiger charge is -2.36. The summed E-state index contributed by atoms with van der Waals surface area (Å²) in [4.78, 5) is 13.2. The van der Waals surface area contributed by atoms with Crippen molar-refractivity contribution in [2.75, 3.05) is 32.4 Å². The van der Waals surface area contributed by atoms with E-state index in [9.17, 15) is 13.2 Å². The van der Waals surface area contributed by atoms with Crippen molar-refractivity contribution in [1.29, 1.82) is 0 Å². The molecule has 1 aliphatic rings. The van der Waals surface area contributed by atoms with E-state index in [-0.39, 0.29) is 11.8 Å². The zero-order valence-corrected chi connectivity index (χ0v) is 11.0. The van der Waals surface area contributed by atoms with Crippen LogP contribution in [0.1, 0.15) is 20.3 Å². The fourth-order valence-corrected chi connectivity index (χ4v) is 2.85. The van der Waals surface area contributed by atoms with Gasteiger partial charge in [0.05, 0.1) is 6.26 Å². The first-order valence-corrected chi connectivity index (χ1v) is 7.34. The summed E-state index contributed by atoms with van der Waals surface area (Å²) >= 11 is 0. The largest absolute Gasteiger partial charge is 0.300 e. The Morgan fingerprint density at radius 3 is 2.12 bits per heavy atom. The van der Waals surface area contributed by atoms with Crippen LogP contribution in [0.5, 0.6) is 0 Å². The normalized spacial score (nSPS) is 21.9. The molecular weight excluding hydrogens is 228 g/mol. The van der Waals surface area contributed by atoms with Gasteiger partial charge in [-0.15, -0.1) is 0 Å². The minimum absolute atomic E-state index is 0.179. The van der Waals surface area contributed by atoms with E-state index in [1.807, 2.05) is 6.92 Å². The van der Waals surface area contributed by atoms with Crippen LogP contribution in [-0.4, -0.2) is 61.9 Å². The standard InChI is InChI=1S/C10H20N2O3S/c1-9(8-10(2)13)11-4-6-12(7-5-11)16(3,14)15/h9H,4-8H2,1-3H3. The molecule has 16 heavy (non-hydrogen) atoms. The minimum atomic E-state index is -3.06. The maximum absolute atomic E-state index is 11.3. The van der Waals surface area contributed by atoms with Crippen LogP contribution < -0.4 is 0 Å². The Kier molecular flexibility index (Phi) is 4.46. The molecule has 1 unspecified atom stereocenters. The number of rotatable bonds is 4. The zero-order chi connectivity index (χ0) is 12.3. The predicted octanol–water partition coefficient (Wildman–Crippen LogP) is -0.0688. The van der Waals surface area contributed by atoms with Crippen LogP contribution in [0.15, 0.2) is 0 Å². The molecule has 0 spiro atoms. The average molecular weight is 248 g/mol. The number of nitrogens with zero attached hydrogens (tertiary/aromatic N) is 2. The molecule has 1 fully saturated rings. The molecule has 0 aliphatic carbocycles. The Morgan fingerprint density at radius 2 is 1.75 bits per heavy atom. The highest BCUT2D eigenvalue weighted by molar-refractivity contribution is 7.88. The number of carbonyl (C=O) groups excluding carboxylic acids is 1. The second kappa shape index (κ2) is 5.25. The van der Waals surface area contributed by atoms with Crippen LogP contribution in [0.3, 0.4) is 0 Å². The number of Topliss-reactive ketones (excluding diaryl/α,β-unsaturated/α-hetero) is 1. The van der Waals surface area contributed by atoms with Gasteiger partial charge >= 0.3 is 0 Å². The van der Waals surface area contributed by atoms with Crippen LogP contribution in [0.2, 0.25) is 0 Å². The van der Waals surface area contributed by atoms with Gasteiger partial charge in [-0.2, -0.15) is 4.31 Å². The van der Waals surface area contributed by atoms with Gasteiger partial charge in [0.15, 0.2) is 0 Å². The lowest BCUT2D eigenvalue weighted by Crippen LogP contribution is -2.51. The van der Waals surface area contributed by atoms with Gasteiger partial charge in [0, 0.05) is 38.6 Å². The lowest BCUT2D eigenvalue weighted by molar-refractivity contribution is -0.118. The topological polar surface area (TPSA) is 57.7 Å². The first-order chi connectivity index (χ1) is 7.30. The number of piperazine rings is 1. The molecule has 1 atom stereocenters. The van der Waals surface area contributed by atoms with Gasteiger partial charge in [0.2, 0.25) is 10.0 Å². The van der Waals surface area contributed by atoms with Gasteiger partial charge < -0.3 is 0 Å². The molecule has 0 bridgehead atoms. The van der Waals surface area contributed by atoms with E-state index in [1.54, 1.807) is 6.92 Å². The molecule has 0 radical (unpaired) electrons. The van der Waals surface area contributed by atoms with E-state index in [0.29, 0.717) is 32.6 Å². The summed E-state index contributed by atoms with van der Waals surface area (Å²) in [6, 6.07) is 0.208. The molecule has 0 N–H and O–H groups in total. The monoisotopic (exact) mass is 248 g/mol. The molecule has 1 heterocycles. The highest BCUT2D eigenvalue weighted by atomic mass is 32.2. The van der Waals surface area contributed by atoms with Crippen molar-refractivity contribution in [3.05, 3.63) is 0 Å². The lowest BCUT2D eigenvalue weighted by atomic mass is 10.1. The van der Waals surface area contributed by atoms with E-state index in [2.05, 4.69) is 4.90 Å². The van der Waals surface area contributed by atoms with Gasteiger partial charge in [-0.3, -0.25) is 9.69 Å². The van der Waals surface area contributed by atoms with Gasteiger partial charge in [-0.1, -0.05) is 0 Å². The Balaban J connectivity index is 2.46. The molecule has 0 aromatic heterocycles. The van der Waals surface area contributed by atoms with Gasteiger partial charge in [0.1, 0.15) is 5.78 Å². The summed E-state index contributed by atoms with van der Waals surface area (Å²) < 4.78 is 24.1. The minimum Gasteiger partial charge on any atom is -0.300 e. The molecule has 1 aliphatic heterocycles. The molecule has 0 aromatic carbocycles. The quantitative estimate of drug-likeness (QED) is 0.699. The molecule has 0 amide bonds. The van der Waals surface area contributed by atoms with E-state index < -0.39 is 10.0 Å². The highest BCUT2D eigenvalue weighted by Gasteiger charge is 2.26. The zero-order valence-electron chi connectivity index (χ0n) is 10.1. The molecule has 0 saturated carbocycles. The van der Waals surface area contributed by atoms with Crippen molar-refractivity contribution in [1.82, 2.24) is 9.21 Å². The van der Waals surface area contributed by atoms with Crippen LogP contribution >= 0.6 is 0 Å².